The molecule has 0 saturated heterocycles. The zero-order chi connectivity index (χ0) is 15.0. The van der Waals surface area contributed by atoms with E-state index in [1.807, 2.05) is 30.3 Å². The van der Waals surface area contributed by atoms with Crippen LogP contribution in [0.4, 0.5) is 0 Å². The largest absolute Gasteiger partial charge is 0.480 e. The van der Waals surface area contributed by atoms with E-state index in [2.05, 4.69) is 5.32 Å². The summed E-state index contributed by atoms with van der Waals surface area (Å²) in [6.07, 6.45) is 1.25. The summed E-state index contributed by atoms with van der Waals surface area (Å²) in [5.41, 5.74) is 1.16. The highest BCUT2D eigenvalue weighted by Crippen LogP contribution is 2.01. The van der Waals surface area contributed by atoms with Crippen molar-refractivity contribution in [2.24, 2.45) is 0 Å². The molecule has 0 spiro atoms. The summed E-state index contributed by atoms with van der Waals surface area (Å²) in [7, 11) is 1.65. The van der Waals surface area contributed by atoms with Gasteiger partial charge in [0, 0.05) is 6.54 Å². The van der Waals surface area contributed by atoms with Crippen molar-refractivity contribution in [3.63, 3.8) is 0 Å². The maximum Gasteiger partial charge on any atom is 0.320 e. The van der Waals surface area contributed by atoms with Crippen molar-refractivity contribution in [2.75, 3.05) is 20.1 Å². The summed E-state index contributed by atoms with van der Waals surface area (Å²) < 4.78 is 0. The maximum absolute atomic E-state index is 11.7. The van der Waals surface area contributed by atoms with Gasteiger partial charge in [-0.15, -0.1) is 0 Å². The first kappa shape index (κ1) is 16.2. The predicted molar refractivity (Wildman–Crippen MR) is 77.5 cm³/mol. The molecule has 0 fully saturated rings. The summed E-state index contributed by atoms with van der Waals surface area (Å²) in [6, 6.07) is 9.28. The van der Waals surface area contributed by atoms with Gasteiger partial charge >= 0.3 is 5.97 Å². The summed E-state index contributed by atoms with van der Waals surface area (Å²) >= 11 is 0. The Morgan fingerprint density at radius 2 is 1.95 bits per heavy atom. The number of likely N-dealkylation sites (N-methyl/N-ethyl adjacent to an activating group) is 1. The van der Waals surface area contributed by atoms with Crippen molar-refractivity contribution in [3.8, 4) is 0 Å². The van der Waals surface area contributed by atoms with E-state index < -0.39 is 12.0 Å². The lowest BCUT2D eigenvalue weighted by molar-refractivity contribution is -0.143. The summed E-state index contributed by atoms with van der Waals surface area (Å²) in [5, 5.41) is 11.8. The van der Waals surface area contributed by atoms with E-state index in [4.69, 9.17) is 5.11 Å². The molecule has 2 N–H and O–H groups in total. The van der Waals surface area contributed by atoms with Crippen LogP contribution in [0.1, 0.15) is 18.9 Å². The molecular formula is C15H22N2O3. The maximum atomic E-state index is 11.7. The Kier molecular flexibility index (Phi) is 6.73. The Labute approximate surface area is 119 Å². The van der Waals surface area contributed by atoms with Crippen molar-refractivity contribution in [3.05, 3.63) is 35.9 Å². The Bertz CT molecular complexity index is 434. The van der Waals surface area contributed by atoms with Crippen LogP contribution in [-0.4, -0.2) is 48.1 Å². The molecular weight excluding hydrogens is 256 g/mol. The van der Waals surface area contributed by atoms with Crippen molar-refractivity contribution < 1.29 is 14.7 Å². The smallest absolute Gasteiger partial charge is 0.320 e. The van der Waals surface area contributed by atoms with Gasteiger partial charge in [-0.1, -0.05) is 37.3 Å². The quantitative estimate of drug-likeness (QED) is 0.748. The average molecular weight is 278 g/mol. The highest BCUT2D eigenvalue weighted by molar-refractivity contribution is 5.79. The molecule has 20 heavy (non-hydrogen) atoms. The summed E-state index contributed by atoms with van der Waals surface area (Å²) in [6.45, 7) is 2.45. The van der Waals surface area contributed by atoms with E-state index in [0.717, 1.165) is 12.0 Å². The fourth-order valence-corrected chi connectivity index (χ4v) is 2.06. The molecule has 1 aromatic rings. The second-order valence-electron chi connectivity index (χ2n) is 4.76. The highest BCUT2D eigenvalue weighted by Gasteiger charge is 2.21. The van der Waals surface area contributed by atoms with Gasteiger partial charge in [0.15, 0.2) is 0 Å². The Morgan fingerprint density at radius 1 is 1.30 bits per heavy atom. The molecule has 1 unspecified atom stereocenters. The van der Waals surface area contributed by atoms with Crippen LogP contribution in [0.25, 0.3) is 0 Å². The third kappa shape index (κ3) is 5.40. The molecule has 0 aliphatic heterocycles. The van der Waals surface area contributed by atoms with Crippen LogP contribution in [0.3, 0.4) is 0 Å². The van der Waals surface area contributed by atoms with Gasteiger partial charge in [-0.05, 0) is 25.5 Å². The minimum atomic E-state index is -0.896. The number of nitrogens with zero attached hydrogens (tertiary/aromatic N) is 1. The summed E-state index contributed by atoms with van der Waals surface area (Å²) in [5.74, 6) is -1.05. The van der Waals surface area contributed by atoms with Crippen molar-refractivity contribution >= 4 is 11.9 Å². The Balaban J connectivity index is 2.31. The standard InChI is InChI=1S/C15H22N2O3/c1-3-13(15(19)20)17(2)11-14(18)16-10-9-12-7-5-4-6-8-12/h4-8,13H,3,9-11H2,1-2H3,(H,16,18)(H,19,20). The number of aliphatic carboxylic acids is 1. The SMILES string of the molecule is CCC(C(=O)O)N(C)CC(=O)NCCc1ccccc1. The second kappa shape index (κ2) is 8.32. The number of carboxylic acid groups (broad SMARTS) is 1. The van der Waals surface area contributed by atoms with Gasteiger partial charge in [-0.25, -0.2) is 0 Å². The number of carboxylic acids is 1. The second-order valence-corrected chi connectivity index (χ2v) is 4.76. The van der Waals surface area contributed by atoms with E-state index in [-0.39, 0.29) is 12.5 Å². The molecule has 1 rings (SSSR count). The fraction of sp³-hybridized carbons (Fsp3) is 0.467. The van der Waals surface area contributed by atoms with E-state index in [1.165, 1.54) is 0 Å². The van der Waals surface area contributed by atoms with E-state index in [1.54, 1.807) is 18.9 Å². The first-order valence-electron chi connectivity index (χ1n) is 6.78. The monoisotopic (exact) mass is 278 g/mol. The number of carbonyl (C=O) groups is 2. The van der Waals surface area contributed by atoms with Crippen LogP contribution in [0, 0.1) is 0 Å². The summed E-state index contributed by atoms with van der Waals surface area (Å²) in [4.78, 5) is 24.3. The van der Waals surface area contributed by atoms with Crippen LogP contribution in [0.15, 0.2) is 30.3 Å². The van der Waals surface area contributed by atoms with Crippen molar-refractivity contribution in [2.45, 2.75) is 25.8 Å². The van der Waals surface area contributed by atoms with Gasteiger partial charge in [-0.3, -0.25) is 14.5 Å². The number of carbonyl (C=O) groups excluding carboxylic acids is 1. The Hall–Kier alpha value is -1.88. The number of amides is 1. The molecule has 0 aliphatic carbocycles. The highest BCUT2D eigenvalue weighted by atomic mass is 16.4. The third-order valence-corrected chi connectivity index (χ3v) is 3.18. The van der Waals surface area contributed by atoms with E-state index >= 15 is 0 Å². The predicted octanol–water partition coefficient (Wildman–Crippen LogP) is 1.14. The molecule has 0 radical (unpaired) electrons. The minimum absolute atomic E-state index is 0.0968. The van der Waals surface area contributed by atoms with Gasteiger partial charge in [0.05, 0.1) is 6.54 Å². The molecule has 0 heterocycles. The van der Waals surface area contributed by atoms with Crippen LogP contribution in [0.5, 0.6) is 0 Å². The molecule has 1 aromatic carbocycles. The number of benzene rings is 1. The minimum Gasteiger partial charge on any atom is -0.480 e. The number of rotatable bonds is 8. The number of nitrogens with one attached hydrogen (secondary N) is 1. The van der Waals surface area contributed by atoms with Gasteiger partial charge in [0.25, 0.3) is 0 Å². The molecule has 5 heteroatoms. The van der Waals surface area contributed by atoms with Crippen LogP contribution in [-0.2, 0) is 16.0 Å². The van der Waals surface area contributed by atoms with Gasteiger partial charge in [0.1, 0.15) is 6.04 Å². The zero-order valence-corrected chi connectivity index (χ0v) is 12.0. The van der Waals surface area contributed by atoms with Crippen LogP contribution in [0.2, 0.25) is 0 Å². The molecule has 0 aromatic heterocycles. The zero-order valence-electron chi connectivity index (χ0n) is 12.0. The molecule has 110 valence electrons. The van der Waals surface area contributed by atoms with Gasteiger partial charge in [0.2, 0.25) is 5.91 Å². The first-order valence-corrected chi connectivity index (χ1v) is 6.78. The lowest BCUT2D eigenvalue weighted by Gasteiger charge is -2.22. The molecule has 0 saturated carbocycles. The van der Waals surface area contributed by atoms with E-state index in [0.29, 0.717) is 13.0 Å². The molecule has 1 amide bonds. The first-order chi connectivity index (χ1) is 9.54. The lowest BCUT2D eigenvalue weighted by atomic mass is 10.1. The lowest BCUT2D eigenvalue weighted by Crippen LogP contribution is -2.44. The number of hydrogen-bond donors (Lipinski definition) is 2. The molecule has 0 aliphatic rings. The normalized spacial score (nSPS) is 12.2. The average Bonchev–Trinajstić information content (AvgIpc) is 2.40. The third-order valence-electron chi connectivity index (χ3n) is 3.18. The molecule has 5 nitrogen and oxygen atoms in total. The van der Waals surface area contributed by atoms with Gasteiger partial charge < -0.3 is 10.4 Å². The molecule has 0 bridgehead atoms. The number of hydrogen-bond acceptors (Lipinski definition) is 3. The van der Waals surface area contributed by atoms with E-state index in [9.17, 15) is 9.59 Å². The fourth-order valence-electron chi connectivity index (χ4n) is 2.06. The topological polar surface area (TPSA) is 69.6 Å². The van der Waals surface area contributed by atoms with Crippen molar-refractivity contribution in [1.29, 1.82) is 0 Å². The van der Waals surface area contributed by atoms with Gasteiger partial charge in [-0.2, -0.15) is 0 Å². The van der Waals surface area contributed by atoms with Crippen molar-refractivity contribution in [1.82, 2.24) is 10.2 Å². The molecule has 1 atom stereocenters. The Morgan fingerprint density at radius 3 is 2.50 bits per heavy atom. The van der Waals surface area contributed by atoms with Crippen LogP contribution >= 0.6 is 0 Å². The van der Waals surface area contributed by atoms with Crippen LogP contribution < -0.4 is 5.32 Å².